The second-order valence-corrected chi connectivity index (χ2v) is 5.09. The molecule has 0 bridgehead atoms. The molecule has 0 radical (unpaired) electrons. The van der Waals surface area contributed by atoms with E-state index in [1.807, 2.05) is 6.92 Å². The van der Waals surface area contributed by atoms with Crippen LogP contribution in [0, 0.1) is 10.1 Å². The molecule has 1 aromatic rings. The maximum atomic E-state index is 11.3. The van der Waals surface area contributed by atoms with Crippen LogP contribution in [0.1, 0.15) is 42.6 Å². The molecular weight excluding hydrogens is 318 g/mol. The van der Waals surface area contributed by atoms with Crippen molar-refractivity contribution in [3.8, 4) is 0 Å². The minimum Gasteiger partial charge on any atom is -0.512 e. The lowest BCUT2D eigenvalue weighted by atomic mass is 10.00. The first-order chi connectivity index (χ1) is 11.3. The van der Waals surface area contributed by atoms with Gasteiger partial charge in [-0.3, -0.25) is 10.1 Å². The summed E-state index contributed by atoms with van der Waals surface area (Å²) in [5.41, 5.74) is -0.522. The Bertz CT molecular complexity index is 635. The Hall–Kier alpha value is -2.45. The number of ether oxygens (including phenoxy) is 2. The maximum Gasteiger partial charge on any atom is 0.335 e. The van der Waals surface area contributed by atoms with Crippen molar-refractivity contribution < 1.29 is 29.4 Å². The Morgan fingerprint density at radius 3 is 2.50 bits per heavy atom. The van der Waals surface area contributed by atoms with E-state index < -0.39 is 22.9 Å². The molecule has 0 heterocycles. The molecule has 24 heavy (non-hydrogen) atoms. The third-order valence-electron chi connectivity index (χ3n) is 3.34. The molecule has 2 N–H and O–H groups in total. The second kappa shape index (κ2) is 8.99. The standard InChI is InChI=1S/C16H21NO7/c1-4-5-8-24-16(23-3)14(10(2)18)12-7-6-11(15(19)20)9-13(12)17(21)22/h6-7,9,16,18H,4-5,8H2,1-3H3,(H,19,20)/b14-10-. The lowest BCUT2D eigenvalue weighted by Gasteiger charge is -2.20. The number of nitrogens with zero attached hydrogens (tertiary/aromatic N) is 1. The van der Waals surface area contributed by atoms with Gasteiger partial charge >= 0.3 is 5.97 Å². The molecule has 0 aliphatic rings. The summed E-state index contributed by atoms with van der Waals surface area (Å²) in [4.78, 5) is 21.6. The van der Waals surface area contributed by atoms with Gasteiger partial charge in [-0.05, 0) is 25.5 Å². The van der Waals surface area contributed by atoms with Crippen LogP contribution in [-0.2, 0) is 9.47 Å². The molecule has 0 spiro atoms. The van der Waals surface area contributed by atoms with Crippen molar-refractivity contribution in [2.45, 2.75) is 33.0 Å². The zero-order valence-corrected chi connectivity index (χ0v) is 13.8. The molecule has 0 amide bonds. The van der Waals surface area contributed by atoms with Gasteiger partial charge in [0.05, 0.1) is 34.0 Å². The molecule has 1 atom stereocenters. The number of rotatable bonds is 9. The number of hydrogen-bond acceptors (Lipinski definition) is 6. The van der Waals surface area contributed by atoms with E-state index in [0.717, 1.165) is 18.9 Å². The molecule has 0 aliphatic heterocycles. The third kappa shape index (κ3) is 4.77. The predicted molar refractivity (Wildman–Crippen MR) is 86.9 cm³/mol. The number of carbonyl (C=O) groups is 1. The quantitative estimate of drug-likeness (QED) is 0.233. The van der Waals surface area contributed by atoms with Gasteiger partial charge in [0.1, 0.15) is 0 Å². The molecule has 0 fully saturated rings. The summed E-state index contributed by atoms with van der Waals surface area (Å²) < 4.78 is 10.8. The van der Waals surface area contributed by atoms with Crippen LogP contribution >= 0.6 is 0 Å². The van der Waals surface area contributed by atoms with Gasteiger partial charge in [-0.25, -0.2) is 4.79 Å². The number of carboxylic acid groups (broad SMARTS) is 1. The number of nitro groups is 1. The first-order valence-corrected chi connectivity index (χ1v) is 7.39. The summed E-state index contributed by atoms with van der Waals surface area (Å²) in [6.45, 7) is 3.70. The number of aliphatic hydroxyl groups excluding tert-OH is 1. The molecule has 132 valence electrons. The van der Waals surface area contributed by atoms with Crippen LogP contribution in [0.3, 0.4) is 0 Å². The normalized spacial score (nSPS) is 13.3. The van der Waals surface area contributed by atoms with Gasteiger partial charge in [-0.1, -0.05) is 13.3 Å². The van der Waals surface area contributed by atoms with E-state index in [1.165, 1.54) is 26.2 Å². The van der Waals surface area contributed by atoms with E-state index >= 15 is 0 Å². The predicted octanol–water partition coefficient (Wildman–Crippen LogP) is 3.37. The average molecular weight is 339 g/mol. The highest BCUT2D eigenvalue weighted by molar-refractivity contribution is 5.90. The van der Waals surface area contributed by atoms with E-state index in [1.54, 1.807) is 0 Å². The van der Waals surface area contributed by atoms with Crippen LogP contribution in [0.5, 0.6) is 0 Å². The Kier molecular flexibility index (Phi) is 7.34. The highest BCUT2D eigenvalue weighted by Gasteiger charge is 2.27. The number of carboxylic acids is 1. The van der Waals surface area contributed by atoms with Crippen molar-refractivity contribution in [2.75, 3.05) is 13.7 Å². The Balaban J connectivity index is 3.37. The number of allylic oxidation sites excluding steroid dienone is 1. The minimum atomic E-state index is -1.28. The van der Waals surface area contributed by atoms with Crippen molar-refractivity contribution in [3.63, 3.8) is 0 Å². The van der Waals surface area contributed by atoms with Gasteiger partial charge in [-0.15, -0.1) is 0 Å². The number of hydrogen-bond donors (Lipinski definition) is 2. The molecule has 1 aromatic carbocycles. The van der Waals surface area contributed by atoms with E-state index in [9.17, 15) is 20.0 Å². The molecular formula is C16H21NO7. The van der Waals surface area contributed by atoms with Gasteiger partial charge in [0.2, 0.25) is 0 Å². The first-order valence-electron chi connectivity index (χ1n) is 7.39. The van der Waals surface area contributed by atoms with Crippen LogP contribution in [0.2, 0.25) is 0 Å². The average Bonchev–Trinajstić information content (AvgIpc) is 2.53. The van der Waals surface area contributed by atoms with Crippen LogP contribution in [0.15, 0.2) is 24.0 Å². The molecule has 8 heteroatoms. The zero-order valence-electron chi connectivity index (χ0n) is 13.8. The lowest BCUT2D eigenvalue weighted by Crippen LogP contribution is -2.20. The van der Waals surface area contributed by atoms with Crippen molar-refractivity contribution >= 4 is 17.2 Å². The SMILES string of the molecule is CCCCOC(OC)/C(=C(/C)O)c1ccc(C(=O)O)cc1[N+](=O)[O-]. The highest BCUT2D eigenvalue weighted by Crippen LogP contribution is 2.32. The summed E-state index contributed by atoms with van der Waals surface area (Å²) in [5, 5.41) is 30.3. The highest BCUT2D eigenvalue weighted by atomic mass is 16.7. The van der Waals surface area contributed by atoms with Crippen LogP contribution in [0.4, 0.5) is 5.69 Å². The van der Waals surface area contributed by atoms with Gasteiger partial charge in [0.25, 0.3) is 5.69 Å². The summed E-state index contributed by atoms with van der Waals surface area (Å²) in [5.74, 6) is -1.48. The maximum absolute atomic E-state index is 11.3. The minimum absolute atomic E-state index is 0.0494. The molecule has 0 aromatic heterocycles. The summed E-state index contributed by atoms with van der Waals surface area (Å²) in [7, 11) is 1.36. The van der Waals surface area contributed by atoms with Crippen LogP contribution in [0.25, 0.3) is 5.57 Å². The van der Waals surface area contributed by atoms with E-state index in [-0.39, 0.29) is 22.5 Å². The molecule has 0 saturated heterocycles. The molecule has 8 nitrogen and oxygen atoms in total. The molecule has 1 rings (SSSR count). The summed E-state index contributed by atoms with van der Waals surface area (Å²) in [6.07, 6.45) is 0.648. The Morgan fingerprint density at radius 2 is 2.04 bits per heavy atom. The third-order valence-corrected chi connectivity index (χ3v) is 3.34. The lowest BCUT2D eigenvalue weighted by molar-refractivity contribution is -0.385. The fourth-order valence-corrected chi connectivity index (χ4v) is 2.14. The van der Waals surface area contributed by atoms with E-state index in [0.29, 0.717) is 6.61 Å². The van der Waals surface area contributed by atoms with Crippen molar-refractivity contribution in [3.05, 3.63) is 45.2 Å². The number of unbranched alkanes of at least 4 members (excludes halogenated alkanes) is 1. The molecule has 0 aliphatic carbocycles. The van der Waals surface area contributed by atoms with Gasteiger partial charge in [0, 0.05) is 13.2 Å². The summed E-state index contributed by atoms with van der Waals surface area (Å²) in [6, 6.07) is 3.44. The first kappa shape index (κ1) is 19.6. The fourth-order valence-electron chi connectivity index (χ4n) is 2.14. The van der Waals surface area contributed by atoms with Crippen molar-refractivity contribution in [1.82, 2.24) is 0 Å². The largest absolute Gasteiger partial charge is 0.512 e. The number of aromatic carboxylic acids is 1. The van der Waals surface area contributed by atoms with Crippen molar-refractivity contribution in [2.24, 2.45) is 0 Å². The number of aliphatic hydroxyl groups is 1. The van der Waals surface area contributed by atoms with Gasteiger partial charge in [-0.2, -0.15) is 0 Å². The topological polar surface area (TPSA) is 119 Å². The smallest absolute Gasteiger partial charge is 0.335 e. The Labute approximate surface area is 139 Å². The van der Waals surface area contributed by atoms with Crippen LogP contribution in [-0.4, -0.2) is 41.1 Å². The monoisotopic (exact) mass is 339 g/mol. The molecule has 0 saturated carbocycles. The van der Waals surface area contributed by atoms with Gasteiger partial charge < -0.3 is 19.7 Å². The van der Waals surface area contributed by atoms with Gasteiger partial charge in [0.15, 0.2) is 6.29 Å². The van der Waals surface area contributed by atoms with E-state index in [4.69, 9.17) is 14.6 Å². The second-order valence-electron chi connectivity index (χ2n) is 5.09. The zero-order chi connectivity index (χ0) is 18.3. The summed E-state index contributed by atoms with van der Waals surface area (Å²) >= 11 is 0. The number of benzene rings is 1. The number of methoxy groups -OCH3 is 1. The Morgan fingerprint density at radius 1 is 1.38 bits per heavy atom. The fraction of sp³-hybridized carbons (Fsp3) is 0.438. The van der Waals surface area contributed by atoms with Crippen molar-refractivity contribution in [1.29, 1.82) is 0 Å². The van der Waals surface area contributed by atoms with Crippen LogP contribution < -0.4 is 0 Å². The number of nitro benzene ring substituents is 1. The van der Waals surface area contributed by atoms with E-state index in [2.05, 4.69) is 0 Å². The molecule has 1 unspecified atom stereocenters.